The fraction of sp³-hybridized carbons (Fsp3) is 0.846. The van der Waals surface area contributed by atoms with Gasteiger partial charge in [-0.2, -0.15) is 0 Å². The second-order valence-electron chi connectivity index (χ2n) is 6.09. The molecule has 3 aliphatic rings. The zero-order chi connectivity index (χ0) is 12.2. The Morgan fingerprint density at radius 1 is 1.35 bits per heavy atom. The molecule has 4 nitrogen and oxygen atoms in total. The predicted molar refractivity (Wildman–Crippen MR) is 63.1 cm³/mol. The van der Waals surface area contributed by atoms with Gasteiger partial charge in [-0.15, -0.1) is 0 Å². The summed E-state index contributed by atoms with van der Waals surface area (Å²) in [4.78, 5) is 26.1. The highest BCUT2D eigenvalue weighted by Gasteiger charge is 2.59. The third-order valence-electron chi connectivity index (χ3n) is 4.81. The first-order valence-electron chi connectivity index (χ1n) is 6.63. The van der Waals surface area contributed by atoms with E-state index in [1.807, 2.05) is 13.8 Å². The topological polar surface area (TPSA) is 49.4 Å². The van der Waals surface area contributed by atoms with Gasteiger partial charge < -0.3 is 10.2 Å². The van der Waals surface area contributed by atoms with Gasteiger partial charge in [0.15, 0.2) is 0 Å². The van der Waals surface area contributed by atoms with Crippen LogP contribution in [0.2, 0.25) is 0 Å². The quantitative estimate of drug-likeness (QED) is 0.731. The van der Waals surface area contributed by atoms with Crippen molar-refractivity contribution in [2.45, 2.75) is 38.6 Å². The summed E-state index contributed by atoms with van der Waals surface area (Å²) in [7, 11) is 0. The van der Waals surface area contributed by atoms with E-state index in [9.17, 15) is 9.59 Å². The molecule has 2 unspecified atom stereocenters. The van der Waals surface area contributed by atoms with Crippen LogP contribution in [0.5, 0.6) is 0 Å². The van der Waals surface area contributed by atoms with E-state index in [4.69, 9.17) is 0 Å². The second-order valence-corrected chi connectivity index (χ2v) is 6.09. The minimum Gasteiger partial charge on any atom is -0.352 e. The lowest BCUT2D eigenvalue weighted by atomic mass is 9.97. The lowest BCUT2D eigenvalue weighted by Crippen LogP contribution is -2.63. The smallest absolute Gasteiger partial charge is 0.245 e. The van der Waals surface area contributed by atoms with Crippen LogP contribution in [-0.2, 0) is 9.59 Å². The third kappa shape index (κ3) is 1.49. The number of hydrogen-bond donors (Lipinski definition) is 1. The molecular formula is C13H20N2O2. The summed E-state index contributed by atoms with van der Waals surface area (Å²) < 4.78 is 0. The van der Waals surface area contributed by atoms with Gasteiger partial charge in [0.1, 0.15) is 5.54 Å². The van der Waals surface area contributed by atoms with Gasteiger partial charge in [0.05, 0.1) is 0 Å². The number of carbonyl (C=O) groups excluding carboxylic acids is 2. The maximum atomic E-state index is 12.5. The summed E-state index contributed by atoms with van der Waals surface area (Å²) >= 11 is 0. The average molecular weight is 236 g/mol. The molecule has 1 N–H and O–H groups in total. The van der Waals surface area contributed by atoms with Gasteiger partial charge in [-0.1, -0.05) is 6.42 Å². The fourth-order valence-electron chi connectivity index (χ4n) is 3.65. The summed E-state index contributed by atoms with van der Waals surface area (Å²) in [5.74, 6) is 1.68. The summed E-state index contributed by atoms with van der Waals surface area (Å²) in [5.41, 5.74) is -0.674. The number of carbonyl (C=O) groups is 2. The lowest BCUT2D eigenvalue weighted by molar-refractivity contribution is -0.150. The lowest BCUT2D eigenvalue weighted by Gasteiger charge is -2.41. The van der Waals surface area contributed by atoms with E-state index in [2.05, 4.69) is 5.32 Å². The van der Waals surface area contributed by atoms with Crippen molar-refractivity contribution in [3.05, 3.63) is 0 Å². The van der Waals surface area contributed by atoms with E-state index >= 15 is 0 Å². The van der Waals surface area contributed by atoms with Gasteiger partial charge in [0.25, 0.3) is 0 Å². The summed E-state index contributed by atoms with van der Waals surface area (Å²) in [5, 5.41) is 2.83. The Balaban J connectivity index is 1.75. The van der Waals surface area contributed by atoms with Crippen LogP contribution in [0, 0.1) is 17.8 Å². The van der Waals surface area contributed by atoms with Crippen LogP contribution in [0.1, 0.15) is 33.1 Å². The monoisotopic (exact) mass is 236 g/mol. The minimum atomic E-state index is -0.674. The van der Waals surface area contributed by atoms with Crippen molar-refractivity contribution in [3.8, 4) is 0 Å². The maximum absolute atomic E-state index is 12.5. The number of nitrogens with zero attached hydrogens (tertiary/aromatic N) is 1. The van der Waals surface area contributed by atoms with Crippen LogP contribution in [0.4, 0.5) is 0 Å². The molecule has 0 aromatic carbocycles. The highest BCUT2D eigenvalue weighted by Crippen LogP contribution is 2.58. The summed E-state index contributed by atoms with van der Waals surface area (Å²) in [6.45, 7) is 4.94. The molecule has 0 aromatic rings. The number of amides is 2. The SMILES string of the molecule is CC1(C)C(=O)NCCN1C(=O)C1C2CCCC21. The van der Waals surface area contributed by atoms with Gasteiger partial charge in [-0.3, -0.25) is 9.59 Å². The normalized spacial score (nSPS) is 38.6. The molecule has 3 fully saturated rings. The Labute approximate surface area is 102 Å². The molecule has 3 rings (SSSR count). The number of hydrogen-bond acceptors (Lipinski definition) is 2. The highest BCUT2D eigenvalue weighted by molar-refractivity contribution is 5.93. The zero-order valence-electron chi connectivity index (χ0n) is 10.5. The van der Waals surface area contributed by atoms with Crippen molar-refractivity contribution in [3.63, 3.8) is 0 Å². The van der Waals surface area contributed by atoms with E-state index in [1.165, 1.54) is 19.3 Å². The molecule has 0 aromatic heterocycles. The molecule has 4 heteroatoms. The number of nitrogens with one attached hydrogen (secondary N) is 1. The van der Waals surface area contributed by atoms with Crippen molar-refractivity contribution < 1.29 is 9.59 Å². The Morgan fingerprint density at radius 2 is 2.00 bits per heavy atom. The van der Waals surface area contributed by atoms with Crippen LogP contribution >= 0.6 is 0 Å². The molecular weight excluding hydrogens is 216 g/mol. The molecule has 0 radical (unpaired) electrons. The third-order valence-corrected chi connectivity index (χ3v) is 4.81. The van der Waals surface area contributed by atoms with Crippen molar-refractivity contribution in [1.29, 1.82) is 0 Å². The maximum Gasteiger partial charge on any atom is 0.245 e. The van der Waals surface area contributed by atoms with E-state index in [0.717, 1.165) is 0 Å². The Kier molecular flexibility index (Phi) is 2.25. The van der Waals surface area contributed by atoms with Crippen LogP contribution in [0.3, 0.4) is 0 Å². The fourth-order valence-corrected chi connectivity index (χ4v) is 3.65. The molecule has 1 heterocycles. The van der Waals surface area contributed by atoms with Crippen molar-refractivity contribution in [2.75, 3.05) is 13.1 Å². The number of piperazine rings is 1. The molecule has 2 saturated carbocycles. The van der Waals surface area contributed by atoms with E-state index < -0.39 is 5.54 Å². The van der Waals surface area contributed by atoms with Gasteiger partial charge >= 0.3 is 0 Å². The molecule has 2 amide bonds. The van der Waals surface area contributed by atoms with E-state index in [1.54, 1.807) is 4.90 Å². The second kappa shape index (κ2) is 3.47. The molecule has 1 saturated heterocycles. The largest absolute Gasteiger partial charge is 0.352 e. The van der Waals surface area contributed by atoms with Gasteiger partial charge in [0.2, 0.25) is 11.8 Å². The highest BCUT2D eigenvalue weighted by atomic mass is 16.2. The standard InChI is InChI=1S/C13H20N2O2/c1-13(2)12(17)14-6-7-15(13)11(16)10-8-4-3-5-9(8)10/h8-10H,3-7H2,1-2H3,(H,14,17). The minimum absolute atomic E-state index is 0.0251. The first-order chi connectivity index (χ1) is 8.03. The van der Waals surface area contributed by atoms with Crippen molar-refractivity contribution >= 4 is 11.8 Å². The van der Waals surface area contributed by atoms with Crippen LogP contribution in [0.15, 0.2) is 0 Å². The molecule has 1 aliphatic heterocycles. The Hall–Kier alpha value is -1.06. The molecule has 0 spiro atoms. The zero-order valence-corrected chi connectivity index (χ0v) is 10.5. The Morgan fingerprint density at radius 3 is 2.65 bits per heavy atom. The first kappa shape index (κ1) is 11.1. The molecule has 17 heavy (non-hydrogen) atoms. The van der Waals surface area contributed by atoms with E-state index in [0.29, 0.717) is 24.9 Å². The summed E-state index contributed by atoms with van der Waals surface area (Å²) in [6.07, 6.45) is 3.70. The van der Waals surface area contributed by atoms with Gasteiger partial charge in [-0.25, -0.2) is 0 Å². The van der Waals surface area contributed by atoms with Crippen LogP contribution in [0.25, 0.3) is 0 Å². The average Bonchev–Trinajstić information content (AvgIpc) is 2.75. The van der Waals surface area contributed by atoms with Crippen LogP contribution in [-0.4, -0.2) is 35.3 Å². The van der Waals surface area contributed by atoms with E-state index in [-0.39, 0.29) is 17.7 Å². The van der Waals surface area contributed by atoms with Crippen LogP contribution < -0.4 is 5.32 Å². The number of rotatable bonds is 1. The predicted octanol–water partition coefficient (Wildman–Crippen LogP) is 0.769. The van der Waals surface area contributed by atoms with Gasteiger partial charge in [0, 0.05) is 19.0 Å². The van der Waals surface area contributed by atoms with Crippen molar-refractivity contribution in [2.24, 2.45) is 17.8 Å². The Bertz CT molecular complexity index is 368. The molecule has 94 valence electrons. The summed E-state index contributed by atoms with van der Waals surface area (Å²) in [6, 6.07) is 0. The molecule has 2 aliphatic carbocycles. The molecule has 2 atom stereocenters. The number of fused-ring (bicyclic) bond motifs is 1. The molecule has 0 bridgehead atoms. The van der Waals surface area contributed by atoms with Gasteiger partial charge in [-0.05, 0) is 38.5 Å². The first-order valence-corrected chi connectivity index (χ1v) is 6.63. The van der Waals surface area contributed by atoms with Crippen molar-refractivity contribution in [1.82, 2.24) is 10.2 Å².